The van der Waals surface area contributed by atoms with Gasteiger partial charge in [0.15, 0.2) is 0 Å². The van der Waals surface area contributed by atoms with Crippen LogP contribution >= 0.6 is 11.5 Å². The van der Waals surface area contributed by atoms with Gasteiger partial charge in [-0.25, -0.2) is 0 Å². The first-order chi connectivity index (χ1) is 7.79. The lowest BCUT2D eigenvalue weighted by Gasteiger charge is -2.13. The molecule has 0 aliphatic carbocycles. The Bertz CT molecular complexity index is 422. The first-order valence-corrected chi connectivity index (χ1v) is 6.06. The predicted molar refractivity (Wildman–Crippen MR) is 63.2 cm³/mol. The van der Waals surface area contributed by atoms with Crippen LogP contribution in [0.25, 0.3) is 0 Å². The molecular weight excluding hydrogens is 222 g/mol. The molecule has 0 aliphatic rings. The third-order valence-corrected chi connectivity index (χ3v) is 3.13. The van der Waals surface area contributed by atoms with Gasteiger partial charge in [-0.1, -0.05) is 11.4 Å². The average Bonchev–Trinajstić information content (AvgIpc) is 2.88. The number of aromatic nitrogens is 4. The Morgan fingerprint density at radius 1 is 1.56 bits per heavy atom. The van der Waals surface area contributed by atoms with Gasteiger partial charge in [0.25, 0.3) is 0 Å². The lowest BCUT2D eigenvalue weighted by molar-refractivity contribution is 0.547. The van der Waals surface area contributed by atoms with Gasteiger partial charge in [-0.2, -0.15) is 5.10 Å². The Hall–Kier alpha value is -1.27. The van der Waals surface area contributed by atoms with Crippen LogP contribution in [0.2, 0.25) is 0 Å². The summed E-state index contributed by atoms with van der Waals surface area (Å²) in [6.45, 7) is 3.02. The number of hydrogen-bond acceptors (Lipinski definition) is 5. The number of likely N-dealkylation sites (N-methyl/N-ethyl adjacent to an activating group) is 1. The molecule has 0 aromatic carbocycles. The molecule has 1 N–H and O–H groups in total. The van der Waals surface area contributed by atoms with E-state index in [1.165, 1.54) is 11.5 Å². The molecular formula is C10H15N5S. The third-order valence-electron chi connectivity index (χ3n) is 2.35. The number of hydrogen-bond donors (Lipinski definition) is 1. The first kappa shape index (κ1) is 11.2. The normalized spacial score (nSPS) is 12.9. The van der Waals surface area contributed by atoms with Crippen LogP contribution in [0.4, 0.5) is 0 Å². The van der Waals surface area contributed by atoms with Crippen molar-refractivity contribution in [2.24, 2.45) is 7.05 Å². The monoisotopic (exact) mass is 237 g/mol. The smallest absolute Gasteiger partial charge is 0.0669 e. The van der Waals surface area contributed by atoms with E-state index < -0.39 is 0 Å². The highest BCUT2D eigenvalue weighted by molar-refractivity contribution is 7.05. The number of nitrogens with zero attached hydrogens (tertiary/aromatic N) is 4. The van der Waals surface area contributed by atoms with E-state index in [0.717, 1.165) is 23.5 Å². The zero-order valence-corrected chi connectivity index (χ0v) is 10.2. The van der Waals surface area contributed by atoms with Crippen LogP contribution in [0.1, 0.15) is 23.5 Å². The van der Waals surface area contributed by atoms with E-state index in [0.29, 0.717) is 0 Å². The highest BCUT2D eigenvalue weighted by Gasteiger charge is 2.14. The van der Waals surface area contributed by atoms with Gasteiger partial charge in [-0.05, 0) is 24.1 Å². The Morgan fingerprint density at radius 3 is 3.00 bits per heavy atom. The molecule has 86 valence electrons. The summed E-state index contributed by atoms with van der Waals surface area (Å²) in [4.78, 5) is 1.16. The van der Waals surface area contributed by atoms with Crippen molar-refractivity contribution in [2.75, 3.05) is 6.54 Å². The molecule has 5 nitrogen and oxygen atoms in total. The van der Waals surface area contributed by atoms with Crippen molar-refractivity contribution in [2.45, 2.75) is 19.4 Å². The third kappa shape index (κ3) is 2.65. The van der Waals surface area contributed by atoms with Crippen LogP contribution in [0, 0.1) is 0 Å². The maximum Gasteiger partial charge on any atom is 0.0669 e. The Balaban J connectivity index is 2.09. The molecule has 0 fully saturated rings. The van der Waals surface area contributed by atoms with Crippen molar-refractivity contribution >= 4 is 11.5 Å². The molecule has 2 rings (SSSR count). The van der Waals surface area contributed by atoms with Gasteiger partial charge in [0.1, 0.15) is 0 Å². The van der Waals surface area contributed by atoms with Gasteiger partial charge >= 0.3 is 0 Å². The SMILES string of the molecule is CCNC(Cc1ccn(C)n1)c1cnns1. The fraction of sp³-hybridized carbons (Fsp3) is 0.500. The van der Waals surface area contributed by atoms with Crippen molar-refractivity contribution in [3.63, 3.8) is 0 Å². The Kier molecular flexibility index (Phi) is 3.63. The fourth-order valence-corrected chi connectivity index (χ4v) is 2.21. The summed E-state index contributed by atoms with van der Waals surface area (Å²) in [5.41, 5.74) is 1.09. The minimum absolute atomic E-state index is 0.264. The lowest BCUT2D eigenvalue weighted by atomic mass is 10.1. The summed E-state index contributed by atoms with van der Waals surface area (Å²) < 4.78 is 5.72. The maximum atomic E-state index is 4.38. The van der Waals surface area contributed by atoms with E-state index in [1.807, 2.05) is 30.2 Å². The standard InChI is InChI=1S/C10H15N5S/c1-3-11-9(10-7-12-14-16-10)6-8-4-5-15(2)13-8/h4-5,7,9,11H,3,6H2,1-2H3. The van der Waals surface area contributed by atoms with Crippen molar-refractivity contribution in [3.8, 4) is 0 Å². The van der Waals surface area contributed by atoms with Crippen LogP contribution < -0.4 is 5.32 Å². The van der Waals surface area contributed by atoms with E-state index in [1.54, 1.807) is 0 Å². The highest BCUT2D eigenvalue weighted by atomic mass is 32.1. The van der Waals surface area contributed by atoms with Crippen molar-refractivity contribution < 1.29 is 0 Å². The summed E-state index contributed by atoms with van der Waals surface area (Å²) in [6, 6.07) is 2.30. The minimum atomic E-state index is 0.264. The Morgan fingerprint density at radius 2 is 2.44 bits per heavy atom. The molecule has 2 aromatic heterocycles. The zero-order chi connectivity index (χ0) is 11.4. The molecule has 0 radical (unpaired) electrons. The summed E-state index contributed by atoms with van der Waals surface area (Å²) >= 11 is 1.44. The van der Waals surface area contributed by atoms with Gasteiger partial charge in [0.2, 0.25) is 0 Å². The molecule has 16 heavy (non-hydrogen) atoms. The number of rotatable bonds is 5. The van der Waals surface area contributed by atoms with Gasteiger partial charge in [0.05, 0.1) is 22.8 Å². The topological polar surface area (TPSA) is 55.6 Å². The van der Waals surface area contributed by atoms with Crippen molar-refractivity contribution in [3.05, 3.63) is 29.0 Å². The second-order valence-electron chi connectivity index (χ2n) is 3.62. The van der Waals surface area contributed by atoms with E-state index in [9.17, 15) is 0 Å². The molecule has 6 heteroatoms. The van der Waals surface area contributed by atoms with Crippen LogP contribution in [-0.4, -0.2) is 25.9 Å². The van der Waals surface area contributed by atoms with Crippen molar-refractivity contribution in [1.82, 2.24) is 24.7 Å². The van der Waals surface area contributed by atoms with Crippen LogP contribution in [0.15, 0.2) is 18.5 Å². The van der Waals surface area contributed by atoms with E-state index >= 15 is 0 Å². The zero-order valence-electron chi connectivity index (χ0n) is 9.42. The molecule has 2 heterocycles. The maximum absolute atomic E-state index is 4.38. The molecule has 0 amide bonds. The molecule has 0 aliphatic heterocycles. The van der Waals surface area contributed by atoms with Gasteiger partial charge in [-0.3, -0.25) is 4.68 Å². The molecule has 1 atom stereocenters. The van der Waals surface area contributed by atoms with Crippen molar-refractivity contribution in [1.29, 1.82) is 0 Å². The first-order valence-electron chi connectivity index (χ1n) is 5.28. The summed E-state index contributed by atoms with van der Waals surface area (Å²) in [5, 5.41) is 11.7. The molecule has 2 aromatic rings. The number of aryl methyl sites for hydroxylation is 1. The van der Waals surface area contributed by atoms with E-state index in [-0.39, 0.29) is 6.04 Å². The number of nitrogens with one attached hydrogen (secondary N) is 1. The van der Waals surface area contributed by atoms with Crippen LogP contribution in [0.3, 0.4) is 0 Å². The largest absolute Gasteiger partial charge is 0.309 e. The quantitative estimate of drug-likeness (QED) is 0.848. The molecule has 0 bridgehead atoms. The second-order valence-corrected chi connectivity index (χ2v) is 4.43. The molecule has 0 saturated heterocycles. The molecule has 1 unspecified atom stereocenters. The lowest BCUT2D eigenvalue weighted by Crippen LogP contribution is -2.22. The summed E-state index contributed by atoms with van der Waals surface area (Å²) in [6.07, 6.45) is 4.66. The van der Waals surface area contributed by atoms with Gasteiger partial charge < -0.3 is 5.32 Å². The summed E-state index contributed by atoms with van der Waals surface area (Å²) in [7, 11) is 1.93. The second kappa shape index (κ2) is 5.18. The summed E-state index contributed by atoms with van der Waals surface area (Å²) in [5.74, 6) is 0. The van der Waals surface area contributed by atoms with E-state index in [2.05, 4.69) is 26.9 Å². The molecule has 0 spiro atoms. The van der Waals surface area contributed by atoms with Gasteiger partial charge in [0, 0.05) is 19.7 Å². The Labute approximate surface area is 98.7 Å². The average molecular weight is 237 g/mol. The highest BCUT2D eigenvalue weighted by Crippen LogP contribution is 2.19. The molecule has 0 saturated carbocycles. The minimum Gasteiger partial charge on any atom is -0.309 e. The predicted octanol–water partition coefficient (Wildman–Crippen LogP) is 1.16. The van der Waals surface area contributed by atoms with E-state index in [4.69, 9.17) is 0 Å². The van der Waals surface area contributed by atoms with Crippen LogP contribution in [0.5, 0.6) is 0 Å². The van der Waals surface area contributed by atoms with Crippen LogP contribution in [-0.2, 0) is 13.5 Å². The van der Waals surface area contributed by atoms with Gasteiger partial charge in [-0.15, -0.1) is 5.10 Å². The fourth-order valence-electron chi connectivity index (χ4n) is 1.63.